The average molecular weight is 273 g/mol. The molecule has 0 atom stereocenters. The Hall–Kier alpha value is -2.17. The number of carbonyl (C=O) groups is 1. The SMILES string of the molecule is CC(C)(C)NC(=O)CCc1nc(-c2ccccc2)no1. The van der Waals surface area contributed by atoms with E-state index in [9.17, 15) is 4.79 Å². The summed E-state index contributed by atoms with van der Waals surface area (Å²) in [7, 11) is 0. The van der Waals surface area contributed by atoms with Crippen LogP contribution in [0.3, 0.4) is 0 Å². The van der Waals surface area contributed by atoms with Gasteiger partial charge in [-0.05, 0) is 20.8 Å². The molecular weight excluding hydrogens is 254 g/mol. The third-order valence-corrected chi connectivity index (χ3v) is 2.58. The van der Waals surface area contributed by atoms with Crippen LogP contribution >= 0.6 is 0 Å². The van der Waals surface area contributed by atoms with E-state index in [-0.39, 0.29) is 11.4 Å². The first-order valence-electron chi connectivity index (χ1n) is 6.63. The van der Waals surface area contributed by atoms with Crippen molar-refractivity contribution in [1.82, 2.24) is 15.5 Å². The summed E-state index contributed by atoms with van der Waals surface area (Å²) in [6.45, 7) is 5.85. The minimum Gasteiger partial charge on any atom is -0.351 e. The highest BCUT2D eigenvalue weighted by atomic mass is 16.5. The monoisotopic (exact) mass is 273 g/mol. The summed E-state index contributed by atoms with van der Waals surface area (Å²) in [6.07, 6.45) is 0.787. The van der Waals surface area contributed by atoms with Gasteiger partial charge in [0.05, 0.1) is 0 Å². The van der Waals surface area contributed by atoms with Crippen LogP contribution in [0.1, 0.15) is 33.1 Å². The maximum absolute atomic E-state index is 11.7. The van der Waals surface area contributed by atoms with Crippen molar-refractivity contribution in [3.05, 3.63) is 36.2 Å². The van der Waals surface area contributed by atoms with Crippen LogP contribution < -0.4 is 5.32 Å². The zero-order valence-corrected chi connectivity index (χ0v) is 12.0. The zero-order valence-electron chi connectivity index (χ0n) is 12.0. The van der Waals surface area contributed by atoms with E-state index in [4.69, 9.17) is 4.52 Å². The maximum atomic E-state index is 11.7. The van der Waals surface area contributed by atoms with Gasteiger partial charge in [0.15, 0.2) is 0 Å². The van der Waals surface area contributed by atoms with Crippen LogP contribution in [0.4, 0.5) is 0 Å². The van der Waals surface area contributed by atoms with Crippen LogP contribution in [-0.4, -0.2) is 21.6 Å². The lowest BCUT2D eigenvalue weighted by Gasteiger charge is -2.20. The Labute approximate surface area is 118 Å². The fraction of sp³-hybridized carbons (Fsp3) is 0.400. The minimum atomic E-state index is -0.221. The second-order valence-corrected chi connectivity index (χ2v) is 5.68. The van der Waals surface area contributed by atoms with Crippen LogP contribution in [0.5, 0.6) is 0 Å². The zero-order chi connectivity index (χ0) is 14.6. The molecule has 1 aromatic heterocycles. The number of nitrogens with zero attached hydrogens (tertiary/aromatic N) is 2. The van der Waals surface area contributed by atoms with Gasteiger partial charge in [0.25, 0.3) is 0 Å². The molecule has 0 unspecified atom stereocenters. The molecule has 5 nitrogen and oxygen atoms in total. The summed E-state index contributed by atoms with van der Waals surface area (Å²) in [4.78, 5) is 16.0. The number of aryl methyl sites for hydroxylation is 1. The van der Waals surface area contributed by atoms with Gasteiger partial charge in [-0.2, -0.15) is 4.98 Å². The molecule has 1 amide bonds. The summed E-state index contributed by atoms with van der Waals surface area (Å²) in [5, 5.41) is 6.82. The number of benzene rings is 1. The molecule has 0 aliphatic heterocycles. The van der Waals surface area contributed by atoms with Crippen molar-refractivity contribution >= 4 is 5.91 Å². The van der Waals surface area contributed by atoms with Gasteiger partial charge in [-0.25, -0.2) is 0 Å². The number of aromatic nitrogens is 2. The van der Waals surface area contributed by atoms with E-state index >= 15 is 0 Å². The standard InChI is InChI=1S/C15H19N3O2/c1-15(2,3)17-12(19)9-10-13-16-14(18-20-13)11-7-5-4-6-8-11/h4-8H,9-10H2,1-3H3,(H,17,19). The van der Waals surface area contributed by atoms with Crippen molar-refractivity contribution in [2.24, 2.45) is 0 Å². The summed E-state index contributed by atoms with van der Waals surface area (Å²) >= 11 is 0. The van der Waals surface area contributed by atoms with Gasteiger partial charge in [0.1, 0.15) is 0 Å². The molecule has 0 spiro atoms. The summed E-state index contributed by atoms with van der Waals surface area (Å²) < 4.78 is 5.16. The molecule has 0 aliphatic carbocycles. The molecule has 0 aliphatic rings. The topological polar surface area (TPSA) is 68.0 Å². The Morgan fingerprint density at radius 3 is 2.60 bits per heavy atom. The second-order valence-electron chi connectivity index (χ2n) is 5.68. The molecule has 0 bridgehead atoms. The maximum Gasteiger partial charge on any atom is 0.227 e. The first-order valence-corrected chi connectivity index (χ1v) is 6.63. The molecule has 106 valence electrons. The smallest absolute Gasteiger partial charge is 0.227 e. The lowest BCUT2D eigenvalue weighted by atomic mass is 10.1. The highest BCUT2D eigenvalue weighted by Gasteiger charge is 2.15. The highest BCUT2D eigenvalue weighted by Crippen LogP contribution is 2.15. The van der Waals surface area contributed by atoms with Crippen molar-refractivity contribution < 1.29 is 9.32 Å². The number of carbonyl (C=O) groups excluding carboxylic acids is 1. The minimum absolute atomic E-state index is 0.0167. The molecule has 0 saturated heterocycles. The lowest BCUT2D eigenvalue weighted by Crippen LogP contribution is -2.40. The molecule has 2 rings (SSSR count). The first kappa shape index (κ1) is 14.2. The third-order valence-electron chi connectivity index (χ3n) is 2.58. The largest absolute Gasteiger partial charge is 0.351 e. The quantitative estimate of drug-likeness (QED) is 0.929. The summed E-state index contributed by atoms with van der Waals surface area (Å²) in [5.41, 5.74) is 0.683. The van der Waals surface area contributed by atoms with E-state index in [1.54, 1.807) is 0 Å². The van der Waals surface area contributed by atoms with Gasteiger partial charge in [0, 0.05) is 23.9 Å². The molecule has 20 heavy (non-hydrogen) atoms. The van der Waals surface area contributed by atoms with E-state index in [2.05, 4.69) is 15.5 Å². The van der Waals surface area contributed by atoms with E-state index in [0.717, 1.165) is 5.56 Å². The Balaban J connectivity index is 1.92. The van der Waals surface area contributed by atoms with E-state index in [0.29, 0.717) is 24.6 Å². The molecule has 1 N–H and O–H groups in total. The third kappa shape index (κ3) is 4.19. The molecule has 5 heteroatoms. The summed E-state index contributed by atoms with van der Waals surface area (Å²) in [6, 6.07) is 9.60. The highest BCUT2D eigenvalue weighted by molar-refractivity contribution is 5.76. The second kappa shape index (κ2) is 5.86. The van der Waals surface area contributed by atoms with Crippen molar-refractivity contribution in [1.29, 1.82) is 0 Å². The first-order chi connectivity index (χ1) is 9.44. The number of rotatable bonds is 4. The van der Waals surface area contributed by atoms with Crippen molar-refractivity contribution in [3.63, 3.8) is 0 Å². The fourth-order valence-corrected chi connectivity index (χ4v) is 1.76. The van der Waals surface area contributed by atoms with Crippen molar-refractivity contribution in [2.45, 2.75) is 39.2 Å². The van der Waals surface area contributed by atoms with Crippen LogP contribution in [0.15, 0.2) is 34.9 Å². The van der Waals surface area contributed by atoms with Gasteiger partial charge in [-0.3, -0.25) is 4.79 Å². The normalized spacial score (nSPS) is 11.3. The Kier molecular flexibility index (Phi) is 4.17. The predicted molar refractivity (Wildman–Crippen MR) is 76.0 cm³/mol. The van der Waals surface area contributed by atoms with Gasteiger partial charge in [-0.1, -0.05) is 35.5 Å². The van der Waals surface area contributed by atoms with E-state index in [1.807, 2.05) is 51.1 Å². The molecule has 0 saturated carbocycles. The fourth-order valence-electron chi connectivity index (χ4n) is 1.76. The molecule has 1 heterocycles. The number of nitrogens with one attached hydrogen (secondary N) is 1. The van der Waals surface area contributed by atoms with Gasteiger partial charge >= 0.3 is 0 Å². The lowest BCUT2D eigenvalue weighted by molar-refractivity contribution is -0.122. The van der Waals surface area contributed by atoms with Crippen LogP contribution in [0, 0.1) is 0 Å². The van der Waals surface area contributed by atoms with Gasteiger partial charge in [0.2, 0.25) is 17.6 Å². The number of amides is 1. The molecule has 2 aromatic rings. The Morgan fingerprint density at radius 2 is 1.95 bits per heavy atom. The average Bonchev–Trinajstić information content (AvgIpc) is 2.84. The predicted octanol–water partition coefficient (Wildman–Crippen LogP) is 2.58. The molecular formula is C15H19N3O2. The molecule has 1 aromatic carbocycles. The van der Waals surface area contributed by atoms with Crippen LogP contribution in [0.2, 0.25) is 0 Å². The van der Waals surface area contributed by atoms with Crippen molar-refractivity contribution in [2.75, 3.05) is 0 Å². The van der Waals surface area contributed by atoms with Crippen molar-refractivity contribution in [3.8, 4) is 11.4 Å². The van der Waals surface area contributed by atoms with Gasteiger partial charge in [-0.15, -0.1) is 0 Å². The Morgan fingerprint density at radius 1 is 1.25 bits per heavy atom. The van der Waals surface area contributed by atoms with E-state index < -0.39 is 0 Å². The Bertz CT molecular complexity index is 570. The summed E-state index contributed by atoms with van der Waals surface area (Å²) in [5.74, 6) is 1.02. The molecule has 0 fully saturated rings. The van der Waals surface area contributed by atoms with Crippen LogP contribution in [-0.2, 0) is 11.2 Å². The van der Waals surface area contributed by atoms with Gasteiger partial charge < -0.3 is 9.84 Å². The van der Waals surface area contributed by atoms with Crippen LogP contribution in [0.25, 0.3) is 11.4 Å². The van der Waals surface area contributed by atoms with E-state index in [1.165, 1.54) is 0 Å². The number of hydrogen-bond donors (Lipinski definition) is 1. The molecule has 0 radical (unpaired) electrons. The number of hydrogen-bond acceptors (Lipinski definition) is 4.